The molecule has 0 unspecified atom stereocenters. The Bertz CT molecular complexity index is 969. The lowest BCUT2D eigenvalue weighted by Crippen LogP contribution is -2.33. The Morgan fingerprint density at radius 3 is 2.57 bits per heavy atom. The lowest BCUT2D eigenvalue weighted by Gasteiger charge is -2.21. The van der Waals surface area contributed by atoms with Crippen molar-refractivity contribution in [1.29, 1.82) is 0 Å². The summed E-state index contributed by atoms with van der Waals surface area (Å²) in [6, 6.07) is 14.7. The Morgan fingerprint density at radius 2 is 1.83 bits per heavy atom. The van der Waals surface area contributed by atoms with Gasteiger partial charge in [-0.25, -0.2) is 4.98 Å². The molecular weight excluding hydrogens is 410 g/mol. The third-order valence-corrected chi connectivity index (χ3v) is 7.20. The summed E-state index contributed by atoms with van der Waals surface area (Å²) in [5.74, 6) is 1.12. The van der Waals surface area contributed by atoms with Gasteiger partial charge in [-0.3, -0.25) is 9.69 Å². The van der Waals surface area contributed by atoms with Gasteiger partial charge in [-0.1, -0.05) is 35.6 Å². The van der Waals surface area contributed by atoms with E-state index in [9.17, 15) is 4.79 Å². The molecule has 30 heavy (non-hydrogen) atoms. The predicted molar refractivity (Wildman–Crippen MR) is 131 cm³/mol. The molecule has 0 radical (unpaired) electrons. The van der Waals surface area contributed by atoms with Gasteiger partial charge in [0.25, 0.3) is 0 Å². The van der Waals surface area contributed by atoms with Crippen LogP contribution in [0.3, 0.4) is 0 Å². The monoisotopic (exact) mass is 441 g/mol. The number of fused-ring (bicyclic) bond motifs is 1. The number of anilines is 1. The van der Waals surface area contributed by atoms with E-state index in [-0.39, 0.29) is 5.91 Å². The van der Waals surface area contributed by atoms with Crippen LogP contribution in [0.2, 0.25) is 0 Å². The summed E-state index contributed by atoms with van der Waals surface area (Å²) in [5.41, 5.74) is 3.44. The topological polar surface area (TPSA) is 36.4 Å². The maximum Gasteiger partial charge on any atom is 0.228 e. The number of carbonyl (C=O) groups is 1. The summed E-state index contributed by atoms with van der Waals surface area (Å²) in [7, 11) is 4.13. The average Bonchev–Trinajstić information content (AvgIpc) is 3.13. The third kappa shape index (κ3) is 6.30. The minimum Gasteiger partial charge on any atom is -0.309 e. The van der Waals surface area contributed by atoms with E-state index in [1.165, 1.54) is 20.7 Å². The van der Waals surface area contributed by atoms with E-state index in [4.69, 9.17) is 4.98 Å². The lowest BCUT2D eigenvalue weighted by atomic mass is 10.1. The first-order valence-corrected chi connectivity index (χ1v) is 12.2. The highest BCUT2D eigenvalue weighted by atomic mass is 32.2. The van der Waals surface area contributed by atoms with Crippen LogP contribution in [0, 0.1) is 13.8 Å². The molecule has 4 nitrogen and oxygen atoms in total. The molecule has 160 valence electrons. The second-order valence-corrected chi connectivity index (χ2v) is 10.0. The van der Waals surface area contributed by atoms with E-state index in [2.05, 4.69) is 69.2 Å². The van der Waals surface area contributed by atoms with Gasteiger partial charge in [0.05, 0.1) is 10.2 Å². The van der Waals surface area contributed by atoms with Crippen molar-refractivity contribution in [3.63, 3.8) is 0 Å². The van der Waals surface area contributed by atoms with E-state index in [0.717, 1.165) is 35.8 Å². The highest BCUT2D eigenvalue weighted by molar-refractivity contribution is 7.99. The molecule has 3 rings (SSSR count). The molecule has 1 heterocycles. The van der Waals surface area contributed by atoms with Crippen molar-refractivity contribution in [3.8, 4) is 0 Å². The number of aryl methyl sites for hydroxylation is 2. The summed E-state index contributed by atoms with van der Waals surface area (Å²) >= 11 is 3.45. The Balaban J connectivity index is 1.68. The van der Waals surface area contributed by atoms with Gasteiger partial charge in [-0.15, -0.1) is 11.8 Å². The van der Waals surface area contributed by atoms with Crippen molar-refractivity contribution in [2.45, 2.75) is 38.0 Å². The van der Waals surface area contributed by atoms with Crippen LogP contribution in [0.25, 0.3) is 10.2 Å². The van der Waals surface area contributed by atoms with Crippen LogP contribution in [-0.4, -0.2) is 48.7 Å². The zero-order valence-corrected chi connectivity index (χ0v) is 20.0. The molecule has 0 atom stereocenters. The number of rotatable bonds is 10. The molecule has 0 N–H and O–H groups in total. The van der Waals surface area contributed by atoms with E-state index < -0.39 is 0 Å². The zero-order chi connectivity index (χ0) is 21.5. The van der Waals surface area contributed by atoms with Crippen LogP contribution in [0.4, 0.5) is 5.13 Å². The highest BCUT2D eigenvalue weighted by Gasteiger charge is 2.20. The predicted octanol–water partition coefficient (Wildman–Crippen LogP) is 5.77. The van der Waals surface area contributed by atoms with Gasteiger partial charge in [0.2, 0.25) is 5.91 Å². The van der Waals surface area contributed by atoms with Crippen molar-refractivity contribution in [3.05, 3.63) is 53.6 Å². The number of aromatic nitrogens is 1. The minimum atomic E-state index is 0.177. The summed E-state index contributed by atoms with van der Waals surface area (Å²) in [6.45, 7) is 5.88. The van der Waals surface area contributed by atoms with E-state index in [1.807, 2.05) is 22.7 Å². The van der Waals surface area contributed by atoms with E-state index in [1.54, 1.807) is 11.3 Å². The number of thiazole rings is 1. The van der Waals surface area contributed by atoms with E-state index in [0.29, 0.717) is 13.0 Å². The second kappa shape index (κ2) is 10.9. The SMILES string of the molecule is Cc1cc(C)c2sc(N(CCCN(C)C)C(=O)CCCSc3ccccc3)nc2c1. The second-order valence-electron chi connectivity index (χ2n) is 7.89. The number of carbonyl (C=O) groups excluding carboxylic acids is 1. The van der Waals surface area contributed by atoms with E-state index >= 15 is 0 Å². The quantitative estimate of drug-likeness (QED) is 0.296. The zero-order valence-electron chi connectivity index (χ0n) is 18.4. The summed E-state index contributed by atoms with van der Waals surface area (Å²) < 4.78 is 1.18. The Kier molecular flexibility index (Phi) is 8.31. The molecule has 3 aromatic rings. The van der Waals surface area contributed by atoms with Crippen molar-refractivity contribution in [1.82, 2.24) is 9.88 Å². The third-order valence-electron chi connectivity index (χ3n) is 4.87. The normalized spacial score (nSPS) is 11.4. The molecule has 0 saturated heterocycles. The number of hydrogen-bond acceptors (Lipinski definition) is 5. The van der Waals surface area contributed by atoms with Crippen molar-refractivity contribution < 1.29 is 4.79 Å². The first kappa shape index (κ1) is 22.8. The smallest absolute Gasteiger partial charge is 0.228 e. The number of amides is 1. The minimum absolute atomic E-state index is 0.177. The number of thioether (sulfide) groups is 1. The first-order valence-electron chi connectivity index (χ1n) is 10.4. The molecule has 6 heteroatoms. The fourth-order valence-corrected chi connectivity index (χ4v) is 5.35. The van der Waals surface area contributed by atoms with Crippen LogP contribution >= 0.6 is 23.1 Å². The molecular formula is C24H31N3OS2. The van der Waals surface area contributed by atoms with Gasteiger partial charge in [0.1, 0.15) is 0 Å². The highest BCUT2D eigenvalue weighted by Crippen LogP contribution is 2.32. The van der Waals surface area contributed by atoms with Gasteiger partial charge in [0.15, 0.2) is 5.13 Å². The summed E-state index contributed by atoms with van der Waals surface area (Å²) in [5, 5.41) is 0.832. The fraction of sp³-hybridized carbons (Fsp3) is 0.417. The molecule has 1 aromatic heterocycles. The molecule has 1 amide bonds. The Labute approximate surface area is 188 Å². The molecule has 0 bridgehead atoms. The van der Waals surface area contributed by atoms with Crippen LogP contribution in [0.1, 0.15) is 30.4 Å². The van der Waals surface area contributed by atoms with Crippen molar-refractivity contribution >= 4 is 44.4 Å². The maximum absolute atomic E-state index is 13.1. The largest absolute Gasteiger partial charge is 0.309 e. The van der Waals surface area contributed by atoms with Crippen LogP contribution in [0.5, 0.6) is 0 Å². The van der Waals surface area contributed by atoms with Gasteiger partial charge < -0.3 is 4.90 Å². The average molecular weight is 442 g/mol. The molecule has 0 fully saturated rings. The van der Waals surface area contributed by atoms with Crippen LogP contribution < -0.4 is 4.90 Å². The van der Waals surface area contributed by atoms with Crippen molar-refractivity contribution in [2.24, 2.45) is 0 Å². The van der Waals surface area contributed by atoms with Crippen LogP contribution in [-0.2, 0) is 4.79 Å². The van der Waals surface area contributed by atoms with Gasteiger partial charge in [-0.05, 0) is 82.4 Å². The molecule has 0 aliphatic carbocycles. The van der Waals surface area contributed by atoms with Gasteiger partial charge >= 0.3 is 0 Å². The molecule has 0 aliphatic heterocycles. The molecule has 0 spiro atoms. The van der Waals surface area contributed by atoms with Crippen molar-refractivity contribution in [2.75, 3.05) is 37.8 Å². The molecule has 0 aliphatic rings. The Hall–Kier alpha value is -1.89. The summed E-state index contributed by atoms with van der Waals surface area (Å²) in [6.07, 6.45) is 2.35. The van der Waals surface area contributed by atoms with Gasteiger partial charge in [-0.2, -0.15) is 0 Å². The van der Waals surface area contributed by atoms with Crippen LogP contribution in [0.15, 0.2) is 47.4 Å². The fourth-order valence-electron chi connectivity index (χ4n) is 3.42. The molecule has 2 aromatic carbocycles. The maximum atomic E-state index is 13.1. The number of benzene rings is 2. The Morgan fingerprint density at radius 1 is 1.07 bits per heavy atom. The standard InChI is InChI=1S/C24H31N3OS2/c1-18-16-19(2)23-21(17-18)25-24(30-23)27(14-9-13-26(3)4)22(28)12-8-15-29-20-10-6-5-7-11-20/h5-7,10-11,16-17H,8-9,12-15H2,1-4H3. The first-order chi connectivity index (χ1) is 14.4. The lowest BCUT2D eigenvalue weighted by molar-refractivity contribution is -0.118. The van der Waals surface area contributed by atoms with Gasteiger partial charge in [0, 0.05) is 17.9 Å². The number of nitrogens with zero attached hydrogens (tertiary/aromatic N) is 3. The molecule has 0 saturated carbocycles. The number of hydrogen-bond donors (Lipinski definition) is 0. The summed E-state index contributed by atoms with van der Waals surface area (Å²) in [4.78, 5) is 23.3.